The maximum absolute atomic E-state index is 10.8. The number of carboxylic acid groups (broad SMARTS) is 1. The number of anilines is 1. The van der Waals surface area contributed by atoms with Crippen LogP contribution in [0.4, 0.5) is 5.69 Å². The molecule has 88 valence electrons. The van der Waals surface area contributed by atoms with Crippen LogP contribution < -0.4 is 4.90 Å². The van der Waals surface area contributed by atoms with Crippen LogP contribution >= 0.6 is 0 Å². The Balaban J connectivity index is 2.84. The van der Waals surface area contributed by atoms with Gasteiger partial charge in [-0.25, -0.2) is 0 Å². The lowest BCUT2D eigenvalue weighted by atomic mass is 9.95. The lowest BCUT2D eigenvalue weighted by Crippen LogP contribution is -2.36. The molecule has 0 fully saturated rings. The van der Waals surface area contributed by atoms with Gasteiger partial charge < -0.3 is 10.0 Å². The number of aliphatic carboxylic acids is 1. The normalized spacial score (nSPS) is 11.2. The van der Waals surface area contributed by atoms with E-state index in [1.807, 2.05) is 35.2 Å². The van der Waals surface area contributed by atoms with Gasteiger partial charge in [0.05, 0.1) is 0 Å². The van der Waals surface area contributed by atoms with E-state index in [1.54, 1.807) is 0 Å². The van der Waals surface area contributed by atoms with E-state index >= 15 is 0 Å². The summed E-state index contributed by atoms with van der Waals surface area (Å²) in [5.74, 6) is -0.798. The van der Waals surface area contributed by atoms with E-state index in [4.69, 9.17) is 5.11 Å². The quantitative estimate of drug-likeness (QED) is 0.849. The van der Waals surface area contributed by atoms with Crippen LogP contribution in [0.5, 0.6) is 0 Å². The van der Waals surface area contributed by atoms with Crippen LogP contribution in [0.1, 0.15) is 20.8 Å². The van der Waals surface area contributed by atoms with Crippen molar-refractivity contribution < 1.29 is 9.90 Å². The molecular weight excluding hydrogens is 202 g/mol. The highest BCUT2D eigenvalue weighted by Gasteiger charge is 2.18. The summed E-state index contributed by atoms with van der Waals surface area (Å²) in [5, 5.41) is 8.90. The third-order valence-corrected chi connectivity index (χ3v) is 2.11. The van der Waals surface area contributed by atoms with E-state index < -0.39 is 5.97 Å². The van der Waals surface area contributed by atoms with Crippen molar-refractivity contribution in [2.45, 2.75) is 20.8 Å². The second kappa shape index (κ2) is 5.01. The molecule has 0 aliphatic heterocycles. The molecule has 0 spiro atoms. The molecule has 0 radical (unpaired) electrons. The SMILES string of the molecule is CC(C)(C)CN(CC(=O)O)c1ccccc1. The van der Waals surface area contributed by atoms with Crippen molar-refractivity contribution in [2.24, 2.45) is 5.41 Å². The lowest BCUT2D eigenvalue weighted by molar-refractivity contribution is -0.135. The summed E-state index contributed by atoms with van der Waals surface area (Å²) in [7, 11) is 0. The molecule has 1 N–H and O–H groups in total. The Morgan fingerprint density at radius 2 is 1.81 bits per heavy atom. The Kier molecular flexibility index (Phi) is 3.93. The lowest BCUT2D eigenvalue weighted by Gasteiger charge is -2.30. The number of carboxylic acids is 1. The minimum atomic E-state index is -0.798. The van der Waals surface area contributed by atoms with E-state index in [2.05, 4.69) is 20.8 Å². The first-order valence-corrected chi connectivity index (χ1v) is 5.40. The summed E-state index contributed by atoms with van der Waals surface area (Å²) >= 11 is 0. The van der Waals surface area contributed by atoms with Gasteiger partial charge in [0.15, 0.2) is 0 Å². The smallest absolute Gasteiger partial charge is 0.323 e. The molecule has 0 heterocycles. The largest absolute Gasteiger partial charge is 0.480 e. The number of nitrogens with zero attached hydrogens (tertiary/aromatic N) is 1. The Morgan fingerprint density at radius 1 is 1.25 bits per heavy atom. The number of hydrogen-bond acceptors (Lipinski definition) is 2. The molecule has 0 saturated heterocycles. The van der Waals surface area contributed by atoms with Crippen molar-refractivity contribution in [1.29, 1.82) is 0 Å². The van der Waals surface area contributed by atoms with Gasteiger partial charge in [-0.1, -0.05) is 39.0 Å². The van der Waals surface area contributed by atoms with Crippen molar-refractivity contribution in [3.05, 3.63) is 30.3 Å². The fourth-order valence-corrected chi connectivity index (χ4v) is 1.61. The summed E-state index contributed by atoms with van der Waals surface area (Å²) in [4.78, 5) is 12.7. The first kappa shape index (κ1) is 12.6. The molecule has 0 atom stereocenters. The number of para-hydroxylation sites is 1. The molecule has 0 saturated carbocycles. The third kappa shape index (κ3) is 4.34. The number of benzene rings is 1. The molecule has 0 aliphatic carbocycles. The van der Waals surface area contributed by atoms with E-state index in [9.17, 15) is 4.79 Å². The van der Waals surface area contributed by atoms with Crippen LogP contribution in [0.25, 0.3) is 0 Å². The van der Waals surface area contributed by atoms with Gasteiger partial charge >= 0.3 is 5.97 Å². The molecule has 16 heavy (non-hydrogen) atoms. The van der Waals surface area contributed by atoms with E-state index in [1.165, 1.54) is 0 Å². The summed E-state index contributed by atoms with van der Waals surface area (Å²) < 4.78 is 0. The fraction of sp³-hybridized carbons (Fsp3) is 0.462. The maximum atomic E-state index is 10.8. The molecule has 3 nitrogen and oxygen atoms in total. The highest BCUT2D eigenvalue weighted by Crippen LogP contribution is 2.20. The fourth-order valence-electron chi connectivity index (χ4n) is 1.61. The zero-order valence-corrected chi connectivity index (χ0v) is 10.1. The molecule has 0 aromatic heterocycles. The van der Waals surface area contributed by atoms with E-state index in [-0.39, 0.29) is 12.0 Å². The van der Waals surface area contributed by atoms with Gasteiger partial charge in [-0.05, 0) is 17.5 Å². The second-order valence-corrected chi connectivity index (χ2v) is 5.15. The van der Waals surface area contributed by atoms with Crippen molar-refractivity contribution in [3.63, 3.8) is 0 Å². The molecule has 1 rings (SSSR count). The first-order chi connectivity index (χ1) is 7.38. The molecule has 0 amide bonds. The van der Waals surface area contributed by atoms with Crippen molar-refractivity contribution in [1.82, 2.24) is 0 Å². The average Bonchev–Trinajstić information content (AvgIpc) is 2.15. The van der Waals surface area contributed by atoms with Crippen LogP contribution in [0.15, 0.2) is 30.3 Å². The zero-order chi connectivity index (χ0) is 12.2. The first-order valence-electron chi connectivity index (χ1n) is 5.40. The minimum Gasteiger partial charge on any atom is -0.480 e. The maximum Gasteiger partial charge on any atom is 0.323 e. The molecule has 3 heteroatoms. The van der Waals surface area contributed by atoms with Crippen molar-refractivity contribution in [2.75, 3.05) is 18.0 Å². The number of hydrogen-bond donors (Lipinski definition) is 1. The van der Waals surface area contributed by atoms with E-state index in [0.717, 1.165) is 12.2 Å². The Labute approximate surface area is 96.7 Å². The van der Waals surface area contributed by atoms with Gasteiger partial charge in [0.2, 0.25) is 0 Å². The third-order valence-electron chi connectivity index (χ3n) is 2.11. The average molecular weight is 221 g/mol. The molecule has 0 unspecified atom stereocenters. The van der Waals surface area contributed by atoms with Crippen LogP contribution in [-0.2, 0) is 4.79 Å². The summed E-state index contributed by atoms with van der Waals surface area (Å²) in [6.45, 7) is 7.07. The Morgan fingerprint density at radius 3 is 2.25 bits per heavy atom. The summed E-state index contributed by atoms with van der Waals surface area (Å²) in [6.07, 6.45) is 0. The van der Waals surface area contributed by atoms with Gasteiger partial charge in [-0.15, -0.1) is 0 Å². The Bertz CT molecular complexity index is 341. The van der Waals surface area contributed by atoms with Crippen molar-refractivity contribution >= 4 is 11.7 Å². The molecule has 1 aromatic rings. The van der Waals surface area contributed by atoms with Crippen LogP contribution in [-0.4, -0.2) is 24.2 Å². The summed E-state index contributed by atoms with van der Waals surface area (Å²) in [5.41, 5.74) is 1.03. The van der Waals surface area contributed by atoms with Crippen LogP contribution in [0, 0.1) is 5.41 Å². The zero-order valence-electron chi connectivity index (χ0n) is 10.1. The minimum absolute atomic E-state index is 0.0429. The van der Waals surface area contributed by atoms with Crippen LogP contribution in [0.2, 0.25) is 0 Å². The molecule has 0 aliphatic rings. The van der Waals surface area contributed by atoms with Crippen molar-refractivity contribution in [3.8, 4) is 0 Å². The molecule has 1 aromatic carbocycles. The van der Waals surface area contributed by atoms with Gasteiger partial charge in [0, 0.05) is 12.2 Å². The topological polar surface area (TPSA) is 40.5 Å². The molecule has 0 bridgehead atoms. The van der Waals surface area contributed by atoms with Gasteiger partial charge in [0.1, 0.15) is 6.54 Å². The predicted molar refractivity (Wildman–Crippen MR) is 65.7 cm³/mol. The Hall–Kier alpha value is -1.51. The van der Waals surface area contributed by atoms with Gasteiger partial charge in [-0.3, -0.25) is 4.79 Å². The number of rotatable bonds is 4. The van der Waals surface area contributed by atoms with E-state index in [0.29, 0.717) is 0 Å². The van der Waals surface area contributed by atoms with Gasteiger partial charge in [-0.2, -0.15) is 0 Å². The number of carbonyl (C=O) groups is 1. The standard InChI is InChI=1S/C13H19NO2/c1-13(2,3)10-14(9-12(15)16)11-7-5-4-6-8-11/h4-8H,9-10H2,1-3H3,(H,15,16). The van der Waals surface area contributed by atoms with Gasteiger partial charge in [0.25, 0.3) is 0 Å². The van der Waals surface area contributed by atoms with Crippen LogP contribution in [0.3, 0.4) is 0 Å². The second-order valence-electron chi connectivity index (χ2n) is 5.15. The summed E-state index contributed by atoms with van der Waals surface area (Å²) in [6, 6.07) is 9.66. The predicted octanol–water partition coefficient (Wildman–Crippen LogP) is 2.62. The highest BCUT2D eigenvalue weighted by molar-refractivity contribution is 5.73. The monoisotopic (exact) mass is 221 g/mol. The highest BCUT2D eigenvalue weighted by atomic mass is 16.4. The molecular formula is C13H19NO2.